The maximum Gasteiger partial charge on any atom is 0.290 e. The molecule has 9 heteroatoms. The normalized spacial score (nSPS) is 16.3. The van der Waals surface area contributed by atoms with E-state index in [1.807, 2.05) is 16.0 Å². The lowest BCUT2D eigenvalue weighted by molar-refractivity contribution is -0.115. The number of fused-ring (bicyclic) bond motifs is 1. The molecule has 1 aromatic carbocycles. The minimum absolute atomic E-state index is 0.319. The van der Waals surface area contributed by atoms with E-state index < -0.39 is 5.91 Å². The molecular formula is C15H7Cl2N3O2S2. The molecule has 5 nitrogen and oxygen atoms in total. The van der Waals surface area contributed by atoms with Gasteiger partial charge >= 0.3 is 0 Å². The Balaban J connectivity index is 1.94. The molecule has 2 amide bonds. The van der Waals surface area contributed by atoms with E-state index >= 15 is 0 Å². The second-order valence-electron chi connectivity index (χ2n) is 4.88. The number of hydrogen-bond acceptors (Lipinski definition) is 5. The zero-order valence-electron chi connectivity index (χ0n) is 11.7. The third kappa shape index (κ3) is 2.63. The molecule has 4 rings (SSSR count). The Morgan fingerprint density at radius 1 is 1.25 bits per heavy atom. The fourth-order valence-electron chi connectivity index (χ4n) is 2.37. The van der Waals surface area contributed by atoms with E-state index in [1.54, 1.807) is 24.3 Å². The number of amides is 2. The molecule has 0 radical (unpaired) electrons. The Bertz CT molecular complexity index is 1040. The van der Waals surface area contributed by atoms with Crippen molar-refractivity contribution in [3.05, 3.63) is 50.4 Å². The minimum Gasteiger partial charge on any atom is -0.290 e. The number of carbonyl (C=O) groups excluding carboxylic acids is 2. The molecule has 24 heavy (non-hydrogen) atoms. The molecule has 0 aliphatic carbocycles. The van der Waals surface area contributed by atoms with Gasteiger partial charge in [0.1, 0.15) is 0 Å². The Kier molecular flexibility index (Phi) is 3.88. The number of hydrogen-bond donors (Lipinski definition) is 1. The summed E-state index contributed by atoms with van der Waals surface area (Å²) in [6.45, 7) is 0. The van der Waals surface area contributed by atoms with Crippen molar-refractivity contribution in [1.29, 1.82) is 0 Å². The zero-order valence-corrected chi connectivity index (χ0v) is 14.9. The molecule has 1 N–H and O–H groups in total. The van der Waals surface area contributed by atoms with Crippen molar-refractivity contribution in [2.24, 2.45) is 0 Å². The number of imide groups is 1. The number of carbonyl (C=O) groups is 2. The van der Waals surface area contributed by atoms with Gasteiger partial charge in [0, 0.05) is 22.2 Å². The quantitative estimate of drug-likeness (QED) is 0.639. The monoisotopic (exact) mass is 395 g/mol. The molecule has 0 bridgehead atoms. The highest BCUT2D eigenvalue weighted by molar-refractivity contribution is 8.18. The van der Waals surface area contributed by atoms with Gasteiger partial charge in [-0.1, -0.05) is 23.2 Å². The zero-order chi connectivity index (χ0) is 16.8. The van der Waals surface area contributed by atoms with Gasteiger partial charge in [0.25, 0.3) is 11.1 Å². The summed E-state index contributed by atoms with van der Waals surface area (Å²) in [7, 11) is 0. The van der Waals surface area contributed by atoms with Crippen LogP contribution in [0.4, 0.5) is 4.79 Å². The summed E-state index contributed by atoms with van der Waals surface area (Å²) in [4.78, 5) is 28.9. The van der Waals surface area contributed by atoms with Gasteiger partial charge in [-0.2, -0.15) is 0 Å². The van der Waals surface area contributed by atoms with Crippen molar-refractivity contribution >= 4 is 68.5 Å². The lowest BCUT2D eigenvalue weighted by Crippen LogP contribution is -2.17. The van der Waals surface area contributed by atoms with Crippen LogP contribution in [0.15, 0.2) is 34.7 Å². The molecule has 0 atom stereocenters. The van der Waals surface area contributed by atoms with Crippen LogP contribution in [0, 0.1) is 0 Å². The van der Waals surface area contributed by atoms with E-state index in [4.69, 9.17) is 23.2 Å². The fraction of sp³-hybridized carbons (Fsp3) is 0. The standard InChI is InChI=1S/C15H7Cl2N3O2S2/c16-7-1-2-8(9(17)5-7)12-10(20-3-4-23-14(20)18-12)6-11-13(21)19-15(22)24-11/h1-6H,(H,19,21,22)/b11-6+. The van der Waals surface area contributed by atoms with Crippen LogP contribution < -0.4 is 5.32 Å². The van der Waals surface area contributed by atoms with E-state index in [0.29, 0.717) is 31.9 Å². The topological polar surface area (TPSA) is 63.5 Å². The maximum atomic E-state index is 11.9. The number of benzene rings is 1. The number of halogens is 2. The number of imidazole rings is 1. The van der Waals surface area contributed by atoms with Crippen molar-refractivity contribution < 1.29 is 9.59 Å². The second kappa shape index (κ2) is 5.93. The number of nitrogens with zero attached hydrogens (tertiary/aromatic N) is 2. The van der Waals surface area contributed by atoms with Crippen LogP contribution in [-0.2, 0) is 4.79 Å². The molecule has 3 aromatic rings. The van der Waals surface area contributed by atoms with Crippen LogP contribution in [0.5, 0.6) is 0 Å². The van der Waals surface area contributed by atoms with Gasteiger partial charge in [-0.3, -0.25) is 19.3 Å². The van der Waals surface area contributed by atoms with Gasteiger partial charge in [0.15, 0.2) is 4.96 Å². The fourth-order valence-corrected chi connectivity index (χ4v) is 4.24. The summed E-state index contributed by atoms with van der Waals surface area (Å²) in [5, 5.41) is 4.75. The smallest absolute Gasteiger partial charge is 0.290 e. The molecule has 1 aliphatic rings. The highest BCUT2D eigenvalue weighted by atomic mass is 35.5. The third-order valence-electron chi connectivity index (χ3n) is 3.40. The molecule has 1 saturated heterocycles. The van der Waals surface area contributed by atoms with Gasteiger partial charge in [-0.15, -0.1) is 11.3 Å². The van der Waals surface area contributed by atoms with Crippen LogP contribution in [0.25, 0.3) is 22.3 Å². The first kappa shape index (κ1) is 15.7. The third-order valence-corrected chi connectivity index (χ3v) is 5.51. The largest absolute Gasteiger partial charge is 0.290 e. The molecule has 1 fully saturated rings. The molecular weight excluding hydrogens is 389 g/mol. The van der Waals surface area contributed by atoms with Gasteiger partial charge in [0.2, 0.25) is 0 Å². The van der Waals surface area contributed by atoms with Gasteiger partial charge in [-0.05, 0) is 36.0 Å². The molecule has 1 aliphatic heterocycles. The highest BCUT2D eigenvalue weighted by Gasteiger charge is 2.27. The van der Waals surface area contributed by atoms with Crippen LogP contribution in [0.1, 0.15) is 5.69 Å². The Morgan fingerprint density at radius 2 is 2.08 bits per heavy atom. The number of thioether (sulfide) groups is 1. The Morgan fingerprint density at radius 3 is 2.79 bits per heavy atom. The average Bonchev–Trinajstić information content (AvgIpc) is 3.17. The van der Waals surface area contributed by atoms with E-state index in [9.17, 15) is 9.59 Å². The first-order valence-electron chi connectivity index (χ1n) is 6.69. The summed E-state index contributed by atoms with van der Waals surface area (Å²) in [5.41, 5.74) is 2.02. The predicted molar refractivity (Wildman–Crippen MR) is 97.6 cm³/mol. The Hall–Kier alpha value is -1.80. The average molecular weight is 396 g/mol. The van der Waals surface area contributed by atoms with Crippen molar-refractivity contribution in [2.45, 2.75) is 0 Å². The summed E-state index contributed by atoms with van der Waals surface area (Å²) >= 11 is 14.6. The van der Waals surface area contributed by atoms with E-state index in [1.165, 1.54) is 11.3 Å². The van der Waals surface area contributed by atoms with Crippen LogP contribution in [0.3, 0.4) is 0 Å². The molecule has 3 heterocycles. The first-order valence-corrected chi connectivity index (χ1v) is 9.14. The summed E-state index contributed by atoms with van der Waals surface area (Å²) in [6, 6.07) is 5.16. The lowest BCUT2D eigenvalue weighted by Gasteiger charge is -2.04. The number of aromatic nitrogens is 2. The predicted octanol–water partition coefficient (Wildman–Crippen LogP) is 4.69. The molecule has 0 spiro atoms. The van der Waals surface area contributed by atoms with E-state index in [0.717, 1.165) is 16.7 Å². The van der Waals surface area contributed by atoms with E-state index in [-0.39, 0.29) is 5.24 Å². The summed E-state index contributed by atoms with van der Waals surface area (Å²) in [6.07, 6.45) is 3.50. The second-order valence-corrected chi connectivity index (χ2v) is 7.61. The molecule has 0 saturated carbocycles. The van der Waals surface area contributed by atoms with Crippen LogP contribution >= 0.6 is 46.3 Å². The Labute approximate surface area is 154 Å². The molecule has 0 unspecified atom stereocenters. The lowest BCUT2D eigenvalue weighted by atomic mass is 10.1. The van der Waals surface area contributed by atoms with Gasteiger partial charge < -0.3 is 0 Å². The van der Waals surface area contributed by atoms with Crippen molar-refractivity contribution in [3.63, 3.8) is 0 Å². The van der Waals surface area contributed by atoms with Crippen molar-refractivity contribution in [3.8, 4) is 11.3 Å². The van der Waals surface area contributed by atoms with Gasteiger partial charge in [0.05, 0.1) is 21.3 Å². The number of rotatable bonds is 2. The van der Waals surface area contributed by atoms with Crippen molar-refractivity contribution in [1.82, 2.24) is 14.7 Å². The highest BCUT2D eigenvalue weighted by Crippen LogP contribution is 2.36. The van der Waals surface area contributed by atoms with Crippen LogP contribution in [-0.4, -0.2) is 20.5 Å². The molecule has 2 aromatic heterocycles. The maximum absolute atomic E-state index is 11.9. The minimum atomic E-state index is -0.414. The van der Waals surface area contributed by atoms with E-state index in [2.05, 4.69) is 10.3 Å². The number of nitrogens with one attached hydrogen (secondary N) is 1. The first-order chi connectivity index (χ1) is 11.5. The van der Waals surface area contributed by atoms with Crippen LogP contribution in [0.2, 0.25) is 10.0 Å². The van der Waals surface area contributed by atoms with Crippen molar-refractivity contribution in [2.75, 3.05) is 0 Å². The van der Waals surface area contributed by atoms with Gasteiger partial charge in [-0.25, -0.2) is 4.98 Å². The number of thiazole rings is 1. The molecule has 120 valence electrons. The summed E-state index contributed by atoms with van der Waals surface area (Å²) < 4.78 is 1.86. The SMILES string of the molecule is O=C1NC(=O)/C(=C\c2c(-c3ccc(Cl)cc3Cl)nc3sccn23)S1. The summed E-state index contributed by atoms with van der Waals surface area (Å²) in [5.74, 6) is -0.414.